The molecule has 2 rings (SSSR count). The zero-order chi connectivity index (χ0) is 13.0. The van der Waals surface area contributed by atoms with Gasteiger partial charge in [-0.1, -0.05) is 25.1 Å². The number of hydrogen-bond acceptors (Lipinski definition) is 3. The van der Waals surface area contributed by atoms with Crippen molar-refractivity contribution in [3.8, 4) is 0 Å². The molecule has 1 aromatic rings. The first-order valence-electron chi connectivity index (χ1n) is 6.67. The second-order valence-electron chi connectivity index (χ2n) is 5.14. The van der Waals surface area contributed by atoms with Gasteiger partial charge in [0.15, 0.2) is 0 Å². The van der Waals surface area contributed by atoms with Crippen LogP contribution in [0.15, 0.2) is 30.3 Å². The monoisotopic (exact) mass is 247 g/mol. The fourth-order valence-corrected chi connectivity index (χ4v) is 2.71. The molecular weight excluding hydrogens is 226 g/mol. The van der Waals surface area contributed by atoms with Crippen molar-refractivity contribution in [1.29, 1.82) is 0 Å². The van der Waals surface area contributed by atoms with E-state index in [1.807, 2.05) is 37.3 Å². The molecular formula is C15H21NO2. The number of anilines is 1. The summed E-state index contributed by atoms with van der Waals surface area (Å²) in [7, 11) is 0. The number of carbonyl (C=O) groups is 1. The molecule has 18 heavy (non-hydrogen) atoms. The van der Waals surface area contributed by atoms with Gasteiger partial charge in [-0.05, 0) is 44.2 Å². The molecule has 2 unspecified atom stereocenters. The molecule has 3 nitrogen and oxygen atoms in total. The second kappa shape index (κ2) is 5.42. The van der Waals surface area contributed by atoms with Crippen molar-refractivity contribution in [2.45, 2.75) is 38.6 Å². The van der Waals surface area contributed by atoms with Crippen LogP contribution in [0.25, 0.3) is 0 Å². The molecule has 0 bridgehead atoms. The zero-order valence-electron chi connectivity index (χ0n) is 11.1. The van der Waals surface area contributed by atoms with Gasteiger partial charge in [0, 0.05) is 5.69 Å². The van der Waals surface area contributed by atoms with E-state index in [9.17, 15) is 4.79 Å². The second-order valence-corrected chi connectivity index (χ2v) is 5.14. The summed E-state index contributed by atoms with van der Waals surface area (Å²) >= 11 is 0. The van der Waals surface area contributed by atoms with Crippen LogP contribution in [0.5, 0.6) is 0 Å². The van der Waals surface area contributed by atoms with Gasteiger partial charge in [-0.2, -0.15) is 0 Å². The number of nitrogens with one attached hydrogen (secondary N) is 1. The number of esters is 1. The van der Waals surface area contributed by atoms with Crippen LogP contribution in [0, 0.1) is 5.92 Å². The van der Waals surface area contributed by atoms with Crippen molar-refractivity contribution in [3.63, 3.8) is 0 Å². The Balaban J connectivity index is 2.18. The largest absolute Gasteiger partial charge is 0.464 e. The van der Waals surface area contributed by atoms with E-state index in [4.69, 9.17) is 4.74 Å². The highest BCUT2D eigenvalue weighted by Crippen LogP contribution is 2.38. The molecule has 3 heteroatoms. The summed E-state index contributed by atoms with van der Waals surface area (Å²) in [4.78, 5) is 12.2. The van der Waals surface area contributed by atoms with E-state index in [0.29, 0.717) is 12.5 Å². The first kappa shape index (κ1) is 12.9. The van der Waals surface area contributed by atoms with Crippen molar-refractivity contribution in [2.24, 2.45) is 5.92 Å². The summed E-state index contributed by atoms with van der Waals surface area (Å²) in [6.45, 7) is 4.48. The van der Waals surface area contributed by atoms with Crippen LogP contribution in [-0.2, 0) is 9.53 Å². The molecule has 1 aromatic carbocycles. The normalized spacial score (nSPS) is 26.9. The molecule has 0 amide bonds. The summed E-state index contributed by atoms with van der Waals surface area (Å²) in [6.07, 6.45) is 2.77. The molecule has 0 radical (unpaired) electrons. The molecule has 1 N–H and O–H groups in total. The van der Waals surface area contributed by atoms with Crippen molar-refractivity contribution in [1.82, 2.24) is 0 Å². The van der Waals surface area contributed by atoms with Crippen LogP contribution in [0.1, 0.15) is 33.1 Å². The van der Waals surface area contributed by atoms with E-state index in [1.54, 1.807) is 0 Å². The molecule has 1 fully saturated rings. The van der Waals surface area contributed by atoms with Crippen LogP contribution >= 0.6 is 0 Å². The minimum atomic E-state index is -0.531. The van der Waals surface area contributed by atoms with E-state index < -0.39 is 5.54 Å². The van der Waals surface area contributed by atoms with E-state index in [0.717, 1.165) is 24.9 Å². The van der Waals surface area contributed by atoms with Gasteiger partial charge in [0.05, 0.1) is 6.61 Å². The average molecular weight is 247 g/mol. The van der Waals surface area contributed by atoms with Gasteiger partial charge >= 0.3 is 5.97 Å². The lowest BCUT2D eigenvalue weighted by Gasteiger charge is -2.29. The van der Waals surface area contributed by atoms with Gasteiger partial charge < -0.3 is 10.1 Å². The molecule has 0 aromatic heterocycles. The Kier molecular flexibility index (Phi) is 3.90. The van der Waals surface area contributed by atoms with Crippen LogP contribution in [0.2, 0.25) is 0 Å². The smallest absolute Gasteiger partial charge is 0.331 e. The lowest BCUT2D eigenvalue weighted by Crippen LogP contribution is -2.45. The molecule has 0 aliphatic heterocycles. The van der Waals surface area contributed by atoms with Crippen LogP contribution in [0.3, 0.4) is 0 Å². The number of hydrogen-bond donors (Lipinski definition) is 1. The molecule has 2 atom stereocenters. The lowest BCUT2D eigenvalue weighted by molar-refractivity contribution is -0.148. The first-order valence-corrected chi connectivity index (χ1v) is 6.67. The van der Waals surface area contributed by atoms with Gasteiger partial charge in [0.1, 0.15) is 5.54 Å². The average Bonchev–Trinajstić information content (AvgIpc) is 2.74. The Labute approximate surface area is 109 Å². The molecule has 0 spiro atoms. The van der Waals surface area contributed by atoms with Crippen molar-refractivity contribution in [2.75, 3.05) is 11.9 Å². The summed E-state index contributed by atoms with van der Waals surface area (Å²) < 4.78 is 5.25. The molecule has 98 valence electrons. The van der Waals surface area contributed by atoms with Crippen LogP contribution in [-0.4, -0.2) is 18.1 Å². The topological polar surface area (TPSA) is 38.3 Å². The Morgan fingerprint density at radius 3 is 2.72 bits per heavy atom. The highest BCUT2D eigenvalue weighted by Gasteiger charge is 2.45. The van der Waals surface area contributed by atoms with Gasteiger partial charge in [-0.15, -0.1) is 0 Å². The molecule has 0 heterocycles. The molecule has 1 aliphatic rings. The first-order chi connectivity index (χ1) is 8.66. The summed E-state index contributed by atoms with van der Waals surface area (Å²) in [5.74, 6) is 0.448. The zero-order valence-corrected chi connectivity index (χ0v) is 11.1. The van der Waals surface area contributed by atoms with Crippen molar-refractivity contribution in [3.05, 3.63) is 30.3 Å². The third kappa shape index (κ3) is 2.66. The minimum Gasteiger partial charge on any atom is -0.464 e. The van der Waals surface area contributed by atoms with Gasteiger partial charge in [-0.25, -0.2) is 4.79 Å². The highest BCUT2D eigenvalue weighted by molar-refractivity contribution is 5.85. The SMILES string of the molecule is CCOC(=O)C1(Nc2ccccc2)CCC(C)C1. The Morgan fingerprint density at radius 1 is 1.44 bits per heavy atom. The molecule has 0 saturated heterocycles. The number of ether oxygens (including phenoxy) is 1. The van der Waals surface area contributed by atoms with Gasteiger partial charge in [-0.3, -0.25) is 0 Å². The van der Waals surface area contributed by atoms with E-state index >= 15 is 0 Å². The quantitative estimate of drug-likeness (QED) is 0.830. The van der Waals surface area contributed by atoms with Gasteiger partial charge in [0.2, 0.25) is 0 Å². The van der Waals surface area contributed by atoms with E-state index in [2.05, 4.69) is 12.2 Å². The minimum absolute atomic E-state index is 0.113. The summed E-state index contributed by atoms with van der Waals surface area (Å²) in [5.41, 5.74) is 0.455. The van der Waals surface area contributed by atoms with Crippen molar-refractivity contribution < 1.29 is 9.53 Å². The maximum atomic E-state index is 12.2. The molecule has 1 saturated carbocycles. The Morgan fingerprint density at radius 2 is 2.17 bits per heavy atom. The maximum Gasteiger partial charge on any atom is 0.331 e. The highest BCUT2D eigenvalue weighted by atomic mass is 16.5. The predicted molar refractivity (Wildman–Crippen MR) is 72.4 cm³/mol. The van der Waals surface area contributed by atoms with Crippen molar-refractivity contribution >= 4 is 11.7 Å². The summed E-state index contributed by atoms with van der Waals surface area (Å²) in [6, 6.07) is 9.90. The third-order valence-electron chi connectivity index (χ3n) is 3.58. The number of rotatable bonds is 4. The number of carbonyl (C=O) groups excluding carboxylic acids is 1. The fraction of sp³-hybridized carbons (Fsp3) is 0.533. The standard InChI is InChI=1S/C15H21NO2/c1-3-18-14(17)15(10-9-12(2)11-15)16-13-7-5-4-6-8-13/h4-8,12,16H,3,9-11H2,1-2H3. The predicted octanol–water partition coefficient (Wildman–Crippen LogP) is 3.22. The fourth-order valence-electron chi connectivity index (χ4n) is 2.71. The number of benzene rings is 1. The van der Waals surface area contributed by atoms with Crippen LogP contribution in [0.4, 0.5) is 5.69 Å². The number of para-hydroxylation sites is 1. The summed E-state index contributed by atoms with van der Waals surface area (Å²) in [5, 5.41) is 3.39. The van der Waals surface area contributed by atoms with E-state index in [1.165, 1.54) is 0 Å². The Hall–Kier alpha value is -1.51. The Bertz CT molecular complexity index is 404. The van der Waals surface area contributed by atoms with Gasteiger partial charge in [0.25, 0.3) is 0 Å². The van der Waals surface area contributed by atoms with Crippen LogP contribution < -0.4 is 5.32 Å². The third-order valence-corrected chi connectivity index (χ3v) is 3.58. The maximum absolute atomic E-state index is 12.2. The molecule has 1 aliphatic carbocycles. The van der Waals surface area contributed by atoms with E-state index in [-0.39, 0.29) is 5.97 Å². The lowest BCUT2D eigenvalue weighted by atomic mass is 9.95.